The van der Waals surface area contributed by atoms with Gasteiger partial charge in [0.15, 0.2) is 0 Å². The zero-order valence-electron chi connectivity index (χ0n) is 23.1. The molecular formula is C29H35N3O6S. The van der Waals surface area contributed by atoms with Gasteiger partial charge in [-0.25, -0.2) is 0 Å². The molecule has 0 aliphatic rings. The summed E-state index contributed by atoms with van der Waals surface area (Å²) in [7, 11) is 4.54. The highest BCUT2D eigenvalue weighted by Gasteiger charge is 2.36. The second-order valence-electron chi connectivity index (χ2n) is 9.40. The topological polar surface area (TPSA) is 106 Å². The first-order valence-electron chi connectivity index (χ1n) is 12.4. The van der Waals surface area contributed by atoms with Gasteiger partial charge < -0.3 is 24.8 Å². The molecule has 0 aliphatic carbocycles. The molecular weight excluding hydrogens is 518 g/mol. The number of ether oxygens (including phenoxy) is 3. The zero-order chi connectivity index (χ0) is 28.6. The van der Waals surface area contributed by atoms with Gasteiger partial charge in [-0.1, -0.05) is 25.1 Å². The van der Waals surface area contributed by atoms with E-state index in [0.29, 0.717) is 39.8 Å². The number of rotatable bonds is 12. The number of carbonyl (C=O) groups is 3. The smallest absolute Gasteiger partial charge is 0.261 e. The van der Waals surface area contributed by atoms with E-state index in [1.165, 1.54) is 37.6 Å². The highest BCUT2D eigenvalue weighted by molar-refractivity contribution is 7.12. The molecule has 0 bridgehead atoms. The first-order chi connectivity index (χ1) is 18.6. The summed E-state index contributed by atoms with van der Waals surface area (Å²) in [5.74, 6) is 0.118. The fourth-order valence-corrected chi connectivity index (χ4v) is 4.46. The summed E-state index contributed by atoms with van der Waals surface area (Å²) in [6, 6.07) is 14.3. The second kappa shape index (κ2) is 13.1. The largest absolute Gasteiger partial charge is 0.497 e. The van der Waals surface area contributed by atoms with Crippen LogP contribution in [0, 0.1) is 0 Å². The van der Waals surface area contributed by atoms with Crippen molar-refractivity contribution in [3.8, 4) is 17.2 Å². The molecule has 1 heterocycles. The summed E-state index contributed by atoms with van der Waals surface area (Å²) >= 11 is 1.27. The Labute approximate surface area is 233 Å². The Morgan fingerprint density at radius 2 is 1.59 bits per heavy atom. The molecule has 2 N–H and O–H groups in total. The Bertz CT molecular complexity index is 1270. The highest BCUT2D eigenvalue weighted by Crippen LogP contribution is 2.35. The Balaban J connectivity index is 2.14. The summed E-state index contributed by atoms with van der Waals surface area (Å²) in [4.78, 5) is 42.4. The standard InChI is InChI=1S/C29H35N3O6S/c1-7-29(2,3)31-28(35)26(19-10-8-11-21(14-19)36-4)32(20-15-22(37-5)17-23(16-20)38-6)25(33)18-30-27(34)24-12-9-13-39-24/h8-17,26H,7,18H2,1-6H3,(H,30,34)(H,31,35)/t26-/m0/s1. The Morgan fingerprint density at radius 3 is 2.15 bits per heavy atom. The van der Waals surface area contributed by atoms with Crippen molar-refractivity contribution in [3.63, 3.8) is 0 Å². The molecule has 3 amide bonds. The third-order valence-electron chi connectivity index (χ3n) is 6.29. The molecule has 0 saturated heterocycles. The number of methoxy groups -OCH3 is 3. The number of nitrogens with zero attached hydrogens (tertiary/aromatic N) is 1. The molecule has 39 heavy (non-hydrogen) atoms. The molecule has 0 aliphatic heterocycles. The molecule has 0 fully saturated rings. The third kappa shape index (κ3) is 7.51. The number of benzene rings is 2. The summed E-state index contributed by atoms with van der Waals surface area (Å²) in [6.45, 7) is 5.45. The minimum absolute atomic E-state index is 0.346. The fourth-order valence-electron chi connectivity index (χ4n) is 3.82. The second-order valence-corrected chi connectivity index (χ2v) is 10.3. The fraction of sp³-hybridized carbons (Fsp3) is 0.345. The van der Waals surface area contributed by atoms with Crippen molar-refractivity contribution >= 4 is 34.7 Å². The van der Waals surface area contributed by atoms with Crippen molar-refractivity contribution in [3.05, 3.63) is 70.4 Å². The number of amides is 3. The minimum Gasteiger partial charge on any atom is -0.497 e. The van der Waals surface area contributed by atoms with Gasteiger partial charge in [0.05, 0.1) is 38.4 Å². The van der Waals surface area contributed by atoms with Gasteiger partial charge in [-0.3, -0.25) is 19.3 Å². The number of nitrogens with one attached hydrogen (secondary N) is 2. The molecule has 0 saturated carbocycles. The lowest BCUT2D eigenvalue weighted by atomic mass is 9.98. The van der Waals surface area contributed by atoms with Crippen molar-refractivity contribution < 1.29 is 28.6 Å². The lowest BCUT2D eigenvalue weighted by Gasteiger charge is -2.35. The monoisotopic (exact) mass is 553 g/mol. The van der Waals surface area contributed by atoms with Crippen molar-refractivity contribution in [2.45, 2.75) is 38.8 Å². The molecule has 3 rings (SSSR count). The molecule has 9 nitrogen and oxygen atoms in total. The van der Waals surface area contributed by atoms with Gasteiger partial charge in [-0.2, -0.15) is 0 Å². The normalized spacial score (nSPS) is 11.7. The molecule has 0 spiro atoms. The lowest BCUT2D eigenvalue weighted by molar-refractivity contribution is -0.127. The van der Waals surface area contributed by atoms with Gasteiger partial charge >= 0.3 is 0 Å². The van der Waals surface area contributed by atoms with Gasteiger partial charge in [0.25, 0.3) is 5.91 Å². The van der Waals surface area contributed by atoms with E-state index in [1.807, 2.05) is 20.8 Å². The average Bonchev–Trinajstić information content (AvgIpc) is 3.49. The lowest BCUT2D eigenvalue weighted by Crippen LogP contribution is -2.52. The first-order valence-corrected chi connectivity index (χ1v) is 13.3. The number of anilines is 1. The Kier molecular flexibility index (Phi) is 9.95. The minimum atomic E-state index is -1.10. The maximum Gasteiger partial charge on any atom is 0.261 e. The van der Waals surface area contributed by atoms with E-state index in [9.17, 15) is 14.4 Å². The van der Waals surface area contributed by atoms with E-state index in [4.69, 9.17) is 14.2 Å². The molecule has 2 aromatic carbocycles. The summed E-state index contributed by atoms with van der Waals surface area (Å²) in [5, 5.41) is 7.53. The maximum atomic E-state index is 14.0. The van der Waals surface area contributed by atoms with Crippen LogP contribution in [0.25, 0.3) is 0 Å². The maximum absolute atomic E-state index is 14.0. The Hall–Kier alpha value is -4.05. The van der Waals surface area contributed by atoms with E-state index in [0.717, 1.165) is 0 Å². The molecule has 0 radical (unpaired) electrons. The first kappa shape index (κ1) is 29.5. The van der Waals surface area contributed by atoms with E-state index >= 15 is 0 Å². The van der Waals surface area contributed by atoms with Crippen LogP contribution in [0.1, 0.15) is 48.5 Å². The highest BCUT2D eigenvalue weighted by atomic mass is 32.1. The van der Waals surface area contributed by atoms with Crippen LogP contribution >= 0.6 is 11.3 Å². The SMILES string of the molecule is CCC(C)(C)NC(=O)[C@H](c1cccc(OC)c1)N(C(=O)CNC(=O)c1cccs1)c1cc(OC)cc(OC)c1. The van der Waals surface area contributed by atoms with Crippen LogP contribution in [0.3, 0.4) is 0 Å². The van der Waals surface area contributed by atoms with Gasteiger partial charge in [0.1, 0.15) is 23.3 Å². The van der Waals surface area contributed by atoms with Crippen LogP contribution in [0.15, 0.2) is 60.0 Å². The van der Waals surface area contributed by atoms with Crippen molar-refractivity contribution in [2.24, 2.45) is 0 Å². The number of hydrogen-bond donors (Lipinski definition) is 2. The summed E-state index contributed by atoms with van der Waals surface area (Å²) in [5.41, 5.74) is 0.347. The molecule has 208 valence electrons. The van der Waals surface area contributed by atoms with Crippen LogP contribution in [-0.4, -0.2) is 51.1 Å². The van der Waals surface area contributed by atoms with Crippen molar-refractivity contribution in [1.82, 2.24) is 10.6 Å². The van der Waals surface area contributed by atoms with Crippen LogP contribution < -0.4 is 29.7 Å². The summed E-state index contributed by atoms with van der Waals surface area (Å²) in [6.07, 6.45) is 0.668. The van der Waals surface area contributed by atoms with Crippen LogP contribution in [0.5, 0.6) is 17.2 Å². The predicted molar refractivity (Wildman–Crippen MR) is 152 cm³/mol. The van der Waals surface area contributed by atoms with Gasteiger partial charge in [-0.05, 0) is 49.4 Å². The van der Waals surface area contributed by atoms with E-state index in [2.05, 4.69) is 10.6 Å². The molecule has 0 unspecified atom stereocenters. The average molecular weight is 554 g/mol. The van der Waals surface area contributed by atoms with Crippen LogP contribution in [0.2, 0.25) is 0 Å². The Morgan fingerprint density at radius 1 is 0.923 bits per heavy atom. The van der Waals surface area contributed by atoms with Crippen LogP contribution in [0.4, 0.5) is 5.69 Å². The predicted octanol–water partition coefficient (Wildman–Crippen LogP) is 4.58. The van der Waals surface area contributed by atoms with Crippen molar-refractivity contribution in [1.29, 1.82) is 0 Å². The van der Waals surface area contributed by atoms with E-state index < -0.39 is 23.4 Å². The number of hydrogen-bond acceptors (Lipinski definition) is 7. The molecule has 1 atom stereocenters. The van der Waals surface area contributed by atoms with Gasteiger partial charge in [0, 0.05) is 23.7 Å². The quantitative estimate of drug-likeness (QED) is 0.340. The third-order valence-corrected chi connectivity index (χ3v) is 7.16. The zero-order valence-corrected chi connectivity index (χ0v) is 23.9. The van der Waals surface area contributed by atoms with Crippen molar-refractivity contribution in [2.75, 3.05) is 32.8 Å². The van der Waals surface area contributed by atoms with E-state index in [-0.39, 0.29) is 12.5 Å². The number of thiophene rings is 1. The molecule has 10 heteroatoms. The molecule has 3 aromatic rings. The molecule has 1 aromatic heterocycles. The van der Waals surface area contributed by atoms with Gasteiger partial charge in [0.2, 0.25) is 11.8 Å². The number of carbonyl (C=O) groups excluding carboxylic acids is 3. The van der Waals surface area contributed by atoms with E-state index in [1.54, 1.807) is 60.0 Å². The van der Waals surface area contributed by atoms with Gasteiger partial charge in [-0.15, -0.1) is 11.3 Å². The van der Waals surface area contributed by atoms with Crippen LogP contribution in [-0.2, 0) is 9.59 Å². The summed E-state index contributed by atoms with van der Waals surface area (Å²) < 4.78 is 16.3.